The smallest absolute Gasteiger partial charge is 0.232 e. The molecule has 1 atom stereocenters. The molecular formula is C14H13ClN2O3S. The Morgan fingerprint density at radius 3 is 2.81 bits per heavy atom. The van der Waals surface area contributed by atoms with E-state index < -0.39 is 9.05 Å². The van der Waals surface area contributed by atoms with E-state index in [0.717, 1.165) is 10.8 Å². The molecule has 1 aliphatic heterocycles. The Kier molecular flexibility index (Phi) is 3.59. The van der Waals surface area contributed by atoms with Gasteiger partial charge in [0.25, 0.3) is 0 Å². The van der Waals surface area contributed by atoms with Crippen molar-refractivity contribution in [3.05, 3.63) is 36.5 Å². The molecule has 1 fully saturated rings. The first-order valence-electron chi connectivity index (χ1n) is 6.50. The van der Waals surface area contributed by atoms with Gasteiger partial charge in [-0.25, -0.2) is 13.4 Å². The number of amides is 1. The first-order valence-corrected chi connectivity index (χ1v) is 8.98. The number of nitrogens with zero attached hydrogens (tertiary/aromatic N) is 2. The summed E-state index contributed by atoms with van der Waals surface area (Å²) in [4.78, 5) is 18.0. The highest BCUT2D eigenvalue weighted by Gasteiger charge is 2.34. The van der Waals surface area contributed by atoms with Crippen molar-refractivity contribution in [3.8, 4) is 0 Å². The monoisotopic (exact) mass is 324 g/mol. The van der Waals surface area contributed by atoms with Crippen molar-refractivity contribution in [1.29, 1.82) is 0 Å². The summed E-state index contributed by atoms with van der Waals surface area (Å²) in [5.41, 5.74) is 0. The third kappa shape index (κ3) is 3.01. The largest absolute Gasteiger partial charge is 0.296 e. The maximum atomic E-state index is 12.2. The lowest BCUT2D eigenvalue weighted by molar-refractivity contribution is -0.117. The van der Waals surface area contributed by atoms with Gasteiger partial charge in [-0.3, -0.25) is 9.69 Å². The van der Waals surface area contributed by atoms with Crippen LogP contribution in [-0.4, -0.2) is 31.6 Å². The molecule has 3 rings (SSSR count). The van der Waals surface area contributed by atoms with E-state index in [1.54, 1.807) is 11.1 Å². The number of halogens is 1. The summed E-state index contributed by atoms with van der Waals surface area (Å²) in [6.07, 6.45) is 1.83. The predicted octanol–water partition coefficient (Wildman–Crippen LogP) is 2.16. The van der Waals surface area contributed by atoms with Gasteiger partial charge in [0.15, 0.2) is 0 Å². The Morgan fingerprint density at radius 2 is 2.05 bits per heavy atom. The molecule has 0 saturated carbocycles. The number of carbonyl (C=O) groups is 1. The lowest BCUT2D eigenvalue weighted by Gasteiger charge is -2.17. The standard InChI is InChI=1S/C14H13ClN2O3S/c15-21(19,20)9-10-7-13(18)17(8-10)14-12-4-2-1-3-11(12)5-6-16-14/h1-6,10H,7-9H2. The van der Waals surface area contributed by atoms with Crippen LogP contribution in [0.1, 0.15) is 6.42 Å². The summed E-state index contributed by atoms with van der Waals surface area (Å²) in [6.45, 7) is 0.325. The summed E-state index contributed by atoms with van der Waals surface area (Å²) in [5, 5.41) is 1.87. The normalized spacial score (nSPS) is 19.4. The molecular weight excluding hydrogens is 312 g/mol. The second kappa shape index (κ2) is 5.27. The van der Waals surface area contributed by atoms with Crippen molar-refractivity contribution in [2.24, 2.45) is 5.92 Å². The Morgan fingerprint density at radius 1 is 1.29 bits per heavy atom. The average molecular weight is 325 g/mol. The number of benzene rings is 1. The molecule has 0 spiro atoms. The number of fused-ring (bicyclic) bond motifs is 1. The molecule has 7 heteroatoms. The number of hydrogen-bond acceptors (Lipinski definition) is 4. The molecule has 2 heterocycles. The lowest BCUT2D eigenvalue weighted by atomic mass is 10.1. The van der Waals surface area contributed by atoms with E-state index >= 15 is 0 Å². The molecule has 2 aromatic rings. The van der Waals surface area contributed by atoms with Gasteiger partial charge in [-0.2, -0.15) is 0 Å². The molecule has 1 saturated heterocycles. The van der Waals surface area contributed by atoms with E-state index in [0.29, 0.717) is 12.4 Å². The van der Waals surface area contributed by atoms with E-state index in [1.807, 2.05) is 30.3 Å². The number of anilines is 1. The van der Waals surface area contributed by atoms with E-state index in [9.17, 15) is 13.2 Å². The van der Waals surface area contributed by atoms with Crippen LogP contribution < -0.4 is 4.90 Å². The van der Waals surface area contributed by atoms with Gasteiger partial charge >= 0.3 is 0 Å². The van der Waals surface area contributed by atoms with Crippen LogP contribution in [0.5, 0.6) is 0 Å². The summed E-state index contributed by atoms with van der Waals surface area (Å²) in [5.74, 6) is -0.0285. The van der Waals surface area contributed by atoms with Crippen molar-refractivity contribution in [2.75, 3.05) is 17.2 Å². The van der Waals surface area contributed by atoms with Gasteiger partial charge in [0.2, 0.25) is 15.0 Å². The molecule has 110 valence electrons. The molecule has 0 aliphatic carbocycles. The van der Waals surface area contributed by atoms with E-state index in [2.05, 4.69) is 4.98 Å². The summed E-state index contributed by atoms with van der Waals surface area (Å²) < 4.78 is 22.3. The fraction of sp³-hybridized carbons (Fsp3) is 0.286. The minimum atomic E-state index is -3.61. The van der Waals surface area contributed by atoms with Crippen LogP contribution in [0.3, 0.4) is 0 Å². The minimum absolute atomic E-state index is 0.121. The second-order valence-corrected chi connectivity index (χ2v) is 7.96. The third-order valence-corrected chi connectivity index (χ3v) is 4.80. The highest BCUT2D eigenvalue weighted by molar-refractivity contribution is 8.13. The van der Waals surface area contributed by atoms with Gasteiger partial charge in [0, 0.05) is 41.1 Å². The van der Waals surface area contributed by atoms with E-state index in [4.69, 9.17) is 10.7 Å². The van der Waals surface area contributed by atoms with Crippen LogP contribution >= 0.6 is 10.7 Å². The maximum Gasteiger partial charge on any atom is 0.232 e. The summed E-state index contributed by atoms with van der Waals surface area (Å²) >= 11 is 0. The van der Waals surface area contributed by atoms with Crippen LogP contribution in [0.15, 0.2) is 36.5 Å². The number of hydrogen-bond donors (Lipinski definition) is 0. The lowest BCUT2D eigenvalue weighted by Crippen LogP contribution is -2.26. The zero-order valence-corrected chi connectivity index (χ0v) is 12.6. The van der Waals surface area contributed by atoms with Gasteiger partial charge in [0.1, 0.15) is 5.82 Å². The quantitative estimate of drug-likeness (QED) is 0.811. The fourth-order valence-corrected chi connectivity index (χ4v) is 4.02. The molecule has 1 amide bonds. The van der Waals surface area contributed by atoms with Crippen molar-refractivity contribution in [1.82, 2.24) is 4.98 Å². The minimum Gasteiger partial charge on any atom is -0.296 e. The average Bonchev–Trinajstić information content (AvgIpc) is 2.76. The first kappa shape index (κ1) is 14.3. The highest BCUT2D eigenvalue weighted by Crippen LogP contribution is 2.30. The zero-order chi connectivity index (χ0) is 15.0. The predicted molar refractivity (Wildman–Crippen MR) is 81.8 cm³/mol. The highest BCUT2D eigenvalue weighted by atomic mass is 35.7. The van der Waals surface area contributed by atoms with Crippen LogP contribution in [0.25, 0.3) is 10.8 Å². The molecule has 1 aromatic heterocycles. The van der Waals surface area contributed by atoms with Gasteiger partial charge < -0.3 is 0 Å². The topological polar surface area (TPSA) is 67.3 Å². The first-order chi connectivity index (χ1) is 9.94. The Labute approximate surface area is 127 Å². The van der Waals surface area contributed by atoms with E-state index in [1.165, 1.54) is 0 Å². The molecule has 5 nitrogen and oxygen atoms in total. The second-order valence-electron chi connectivity index (χ2n) is 5.14. The summed E-state index contributed by atoms with van der Waals surface area (Å²) in [6, 6.07) is 9.52. The van der Waals surface area contributed by atoms with E-state index in [-0.39, 0.29) is 24.0 Å². The van der Waals surface area contributed by atoms with Crippen LogP contribution in [-0.2, 0) is 13.8 Å². The zero-order valence-electron chi connectivity index (χ0n) is 11.1. The number of aromatic nitrogens is 1. The van der Waals surface area contributed by atoms with Gasteiger partial charge in [-0.1, -0.05) is 24.3 Å². The fourth-order valence-electron chi connectivity index (χ4n) is 2.70. The molecule has 1 unspecified atom stereocenters. The van der Waals surface area contributed by atoms with Gasteiger partial charge in [-0.15, -0.1) is 0 Å². The number of rotatable bonds is 3. The molecule has 1 aromatic carbocycles. The molecule has 21 heavy (non-hydrogen) atoms. The van der Waals surface area contributed by atoms with Crippen molar-refractivity contribution >= 4 is 42.2 Å². The maximum absolute atomic E-state index is 12.2. The molecule has 0 N–H and O–H groups in total. The van der Waals surface area contributed by atoms with Gasteiger partial charge in [0.05, 0.1) is 5.75 Å². The van der Waals surface area contributed by atoms with Crippen LogP contribution in [0, 0.1) is 5.92 Å². The molecule has 0 radical (unpaired) electrons. The Hall–Kier alpha value is -1.66. The summed E-state index contributed by atoms with van der Waals surface area (Å²) in [7, 11) is 1.67. The van der Waals surface area contributed by atoms with Crippen LogP contribution in [0.4, 0.5) is 5.82 Å². The van der Waals surface area contributed by atoms with Crippen LogP contribution in [0.2, 0.25) is 0 Å². The van der Waals surface area contributed by atoms with Crippen molar-refractivity contribution < 1.29 is 13.2 Å². The SMILES string of the molecule is O=C1CC(CS(=O)(=O)Cl)CN1c1nccc2ccccc12. The number of carbonyl (C=O) groups excluding carboxylic acids is 1. The Balaban J connectivity index is 1.95. The van der Waals surface area contributed by atoms with Crippen molar-refractivity contribution in [2.45, 2.75) is 6.42 Å². The Bertz CT molecular complexity index is 801. The molecule has 0 bridgehead atoms. The van der Waals surface area contributed by atoms with Crippen molar-refractivity contribution in [3.63, 3.8) is 0 Å². The number of pyridine rings is 1. The molecule has 1 aliphatic rings. The van der Waals surface area contributed by atoms with Gasteiger partial charge in [-0.05, 0) is 11.5 Å². The third-order valence-electron chi connectivity index (χ3n) is 3.55.